The number of nitrogens with one attached hydrogen (secondary N) is 1. The molecule has 0 saturated carbocycles. The molecule has 0 aliphatic rings. The van der Waals surface area contributed by atoms with Crippen molar-refractivity contribution in [3.05, 3.63) is 24.3 Å². The molecule has 0 spiro atoms. The molecule has 0 aromatic carbocycles. The molecule has 504 valence electrons. The van der Waals surface area contributed by atoms with E-state index < -0.39 is 12.1 Å². The van der Waals surface area contributed by atoms with Crippen LogP contribution in [0.1, 0.15) is 444 Å². The molecule has 85 heavy (non-hydrogen) atoms. The Morgan fingerprint density at radius 3 is 0.835 bits per heavy atom. The Labute approximate surface area is 532 Å². The van der Waals surface area contributed by atoms with Crippen LogP contribution < -0.4 is 5.32 Å². The fourth-order valence-electron chi connectivity index (χ4n) is 12.5. The Bertz CT molecular complexity index is 1330. The van der Waals surface area contributed by atoms with Gasteiger partial charge in [0, 0.05) is 12.8 Å². The summed E-state index contributed by atoms with van der Waals surface area (Å²) >= 11 is 0. The summed E-state index contributed by atoms with van der Waals surface area (Å²) in [5, 5.41) is 23.2. The van der Waals surface area contributed by atoms with Crippen LogP contribution in [0.5, 0.6) is 0 Å². The monoisotopic (exact) mass is 1200 g/mol. The SMILES string of the molecule is CCCCCCCCC/C=C\CCCCCCCCCC(=O)OCCCCCCCCCCCCCCCCCCCCCCCCCCCCCCCCCCC(=O)NC(CO)C(O)/C=C/CCCCCCCCCCCCCCCCCC. The maximum absolute atomic E-state index is 12.5. The fraction of sp³-hybridized carbons (Fsp3) is 0.924. The number of carbonyl (C=O) groups is 2. The summed E-state index contributed by atoms with van der Waals surface area (Å²) in [7, 11) is 0. The van der Waals surface area contributed by atoms with Gasteiger partial charge in [0.15, 0.2) is 0 Å². The van der Waals surface area contributed by atoms with E-state index in [-0.39, 0.29) is 18.5 Å². The first-order valence-corrected chi connectivity index (χ1v) is 39.1. The highest BCUT2D eigenvalue weighted by Crippen LogP contribution is 2.20. The number of aliphatic hydroxyl groups is 2. The summed E-state index contributed by atoms with van der Waals surface area (Å²) in [5.41, 5.74) is 0. The molecule has 0 radical (unpaired) electrons. The molecular weight excluding hydrogens is 1040 g/mol. The van der Waals surface area contributed by atoms with Gasteiger partial charge in [-0.1, -0.05) is 398 Å². The Kier molecular flexibility index (Phi) is 73.3. The summed E-state index contributed by atoms with van der Waals surface area (Å²) in [6, 6.07) is -0.625. The van der Waals surface area contributed by atoms with Crippen LogP contribution in [0.15, 0.2) is 24.3 Å². The third kappa shape index (κ3) is 71.3. The van der Waals surface area contributed by atoms with E-state index in [2.05, 4.69) is 31.3 Å². The van der Waals surface area contributed by atoms with Crippen LogP contribution in [-0.4, -0.2) is 47.4 Å². The van der Waals surface area contributed by atoms with Gasteiger partial charge in [-0.25, -0.2) is 0 Å². The van der Waals surface area contributed by atoms with E-state index in [1.807, 2.05) is 6.08 Å². The van der Waals surface area contributed by atoms with Crippen molar-refractivity contribution in [1.82, 2.24) is 5.32 Å². The minimum absolute atomic E-state index is 0.0190. The van der Waals surface area contributed by atoms with Crippen LogP contribution >= 0.6 is 0 Å². The molecule has 0 aliphatic carbocycles. The second-order valence-electron chi connectivity index (χ2n) is 27.0. The van der Waals surface area contributed by atoms with Gasteiger partial charge < -0.3 is 20.3 Å². The van der Waals surface area contributed by atoms with Gasteiger partial charge in [0.2, 0.25) is 5.91 Å². The Hall–Kier alpha value is -1.66. The van der Waals surface area contributed by atoms with Crippen molar-refractivity contribution in [3.8, 4) is 0 Å². The molecule has 0 aliphatic heterocycles. The van der Waals surface area contributed by atoms with Crippen LogP contribution in [0.25, 0.3) is 0 Å². The van der Waals surface area contributed by atoms with E-state index in [0.29, 0.717) is 19.4 Å². The first-order valence-electron chi connectivity index (χ1n) is 39.1. The maximum Gasteiger partial charge on any atom is 0.305 e. The molecule has 0 saturated heterocycles. The molecule has 0 rings (SSSR count). The van der Waals surface area contributed by atoms with Crippen LogP contribution in [0, 0.1) is 0 Å². The van der Waals surface area contributed by atoms with E-state index in [9.17, 15) is 19.8 Å². The number of esters is 1. The van der Waals surface area contributed by atoms with Gasteiger partial charge in [0.1, 0.15) is 0 Å². The standard InChI is InChI=1S/C79H153NO5/c1-3-5-7-9-11-13-15-17-19-21-39-43-47-51-55-59-63-67-71-77(82)76(75-81)80-78(83)72-68-64-60-56-52-48-44-40-37-35-33-31-29-27-25-23-24-26-28-30-32-34-36-38-42-46-50-54-58-62-66-70-74-85-79(84)73-69-65-61-57-53-49-45-41-22-20-18-16-14-12-10-8-6-4-2/h20,22,67,71,76-77,81-82H,3-19,21,23-66,68-70,72-75H2,1-2H3,(H,80,83)/b22-20-,71-67+. The normalized spacial score (nSPS) is 12.6. The predicted octanol–water partition coefficient (Wildman–Crippen LogP) is 25.7. The molecule has 6 nitrogen and oxygen atoms in total. The van der Waals surface area contributed by atoms with Gasteiger partial charge in [-0.15, -0.1) is 0 Å². The molecule has 2 atom stereocenters. The Balaban J connectivity index is 3.33. The van der Waals surface area contributed by atoms with Crippen molar-refractivity contribution >= 4 is 11.9 Å². The summed E-state index contributed by atoms with van der Waals surface area (Å²) < 4.78 is 5.51. The van der Waals surface area contributed by atoms with Crippen molar-refractivity contribution in [2.75, 3.05) is 13.2 Å². The van der Waals surface area contributed by atoms with Crippen molar-refractivity contribution in [2.24, 2.45) is 0 Å². The molecule has 1 amide bonds. The summed E-state index contributed by atoms with van der Waals surface area (Å²) in [6.45, 7) is 4.95. The number of rotatable bonds is 74. The molecule has 2 unspecified atom stereocenters. The van der Waals surface area contributed by atoms with Crippen molar-refractivity contribution < 1.29 is 24.5 Å². The predicted molar refractivity (Wildman–Crippen MR) is 375 cm³/mol. The van der Waals surface area contributed by atoms with Gasteiger partial charge in [-0.3, -0.25) is 9.59 Å². The smallest absolute Gasteiger partial charge is 0.305 e. The minimum atomic E-state index is -0.842. The highest BCUT2D eigenvalue weighted by atomic mass is 16.5. The quantitative estimate of drug-likeness (QED) is 0.0320. The lowest BCUT2D eigenvalue weighted by atomic mass is 10.0. The van der Waals surface area contributed by atoms with Crippen LogP contribution in [0.4, 0.5) is 0 Å². The highest BCUT2D eigenvalue weighted by molar-refractivity contribution is 5.76. The minimum Gasteiger partial charge on any atom is -0.466 e. The molecule has 0 aromatic rings. The van der Waals surface area contributed by atoms with E-state index >= 15 is 0 Å². The van der Waals surface area contributed by atoms with Gasteiger partial charge in [0.25, 0.3) is 0 Å². The average molecular weight is 1200 g/mol. The summed E-state index contributed by atoms with van der Waals surface area (Å²) in [5.74, 6) is -0.0404. The first-order chi connectivity index (χ1) is 42.0. The van der Waals surface area contributed by atoms with E-state index in [0.717, 1.165) is 44.9 Å². The number of hydrogen-bond donors (Lipinski definition) is 3. The van der Waals surface area contributed by atoms with Crippen LogP contribution in [0.3, 0.4) is 0 Å². The maximum atomic E-state index is 12.5. The zero-order valence-electron chi connectivity index (χ0n) is 57.9. The molecule has 3 N–H and O–H groups in total. The molecule has 0 fully saturated rings. The zero-order chi connectivity index (χ0) is 61.3. The molecule has 0 heterocycles. The topological polar surface area (TPSA) is 95.9 Å². The number of aliphatic hydroxyl groups excluding tert-OH is 2. The average Bonchev–Trinajstić information content (AvgIpc) is 3.51. The van der Waals surface area contributed by atoms with E-state index in [1.165, 1.54) is 372 Å². The Morgan fingerprint density at radius 1 is 0.318 bits per heavy atom. The molecule has 0 bridgehead atoms. The number of carbonyl (C=O) groups excluding carboxylic acids is 2. The summed E-state index contributed by atoms with van der Waals surface area (Å²) in [4.78, 5) is 24.6. The van der Waals surface area contributed by atoms with Crippen LogP contribution in [0.2, 0.25) is 0 Å². The Morgan fingerprint density at radius 2 is 0.553 bits per heavy atom. The number of allylic oxidation sites excluding steroid dienone is 3. The van der Waals surface area contributed by atoms with Crippen molar-refractivity contribution in [1.29, 1.82) is 0 Å². The second kappa shape index (κ2) is 74.8. The van der Waals surface area contributed by atoms with Crippen molar-refractivity contribution in [3.63, 3.8) is 0 Å². The second-order valence-corrected chi connectivity index (χ2v) is 27.0. The number of amides is 1. The lowest BCUT2D eigenvalue weighted by Gasteiger charge is -2.20. The largest absolute Gasteiger partial charge is 0.466 e. The lowest BCUT2D eigenvalue weighted by Crippen LogP contribution is -2.45. The fourth-order valence-corrected chi connectivity index (χ4v) is 12.5. The number of hydrogen-bond acceptors (Lipinski definition) is 5. The van der Waals surface area contributed by atoms with Gasteiger partial charge in [-0.05, 0) is 57.8 Å². The third-order valence-corrected chi connectivity index (χ3v) is 18.5. The molecule has 0 aromatic heterocycles. The molecular formula is C79H153NO5. The third-order valence-electron chi connectivity index (χ3n) is 18.5. The zero-order valence-corrected chi connectivity index (χ0v) is 57.9. The van der Waals surface area contributed by atoms with Gasteiger partial charge in [-0.2, -0.15) is 0 Å². The van der Waals surface area contributed by atoms with Crippen LogP contribution in [-0.2, 0) is 14.3 Å². The van der Waals surface area contributed by atoms with E-state index in [1.54, 1.807) is 6.08 Å². The number of unbranched alkanes of at least 4 members (excludes halogenated alkanes) is 61. The lowest BCUT2D eigenvalue weighted by molar-refractivity contribution is -0.143. The summed E-state index contributed by atoms with van der Waals surface area (Å²) in [6.07, 6.45) is 95.8. The number of ether oxygens (including phenoxy) is 1. The molecule has 6 heteroatoms. The van der Waals surface area contributed by atoms with Gasteiger partial charge in [0.05, 0.1) is 25.4 Å². The highest BCUT2D eigenvalue weighted by Gasteiger charge is 2.18. The van der Waals surface area contributed by atoms with Crippen molar-refractivity contribution in [2.45, 2.75) is 456 Å². The van der Waals surface area contributed by atoms with E-state index in [4.69, 9.17) is 4.74 Å². The van der Waals surface area contributed by atoms with Gasteiger partial charge >= 0.3 is 5.97 Å². The first kappa shape index (κ1) is 83.3.